The number of allylic oxidation sites excluding steroid dienone is 1. The van der Waals surface area contributed by atoms with Crippen LogP contribution in [0.4, 0.5) is 5.69 Å². The van der Waals surface area contributed by atoms with Gasteiger partial charge in [0.15, 0.2) is 11.5 Å². The number of benzene rings is 1. The molecule has 0 aliphatic heterocycles. The summed E-state index contributed by atoms with van der Waals surface area (Å²) in [6.45, 7) is 5.92. The SMILES string of the molecule is C=CCn1nnnc1S[C@H](C)C(=O)Nc1ccc(OC)c(OC)c1. The van der Waals surface area contributed by atoms with Crippen LogP contribution in [0.1, 0.15) is 6.92 Å². The fraction of sp³-hybridized carbons (Fsp3) is 0.333. The number of carbonyl (C=O) groups excluding carboxylic acids is 1. The predicted molar refractivity (Wildman–Crippen MR) is 91.5 cm³/mol. The van der Waals surface area contributed by atoms with Crippen molar-refractivity contribution in [1.82, 2.24) is 20.2 Å². The van der Waals surface area contributed by atoms with E-state index in [4.69, 9.17) is 9.47 Å². The van der Waals surface area contributed by atoms with E-state index < -0.39 is 0 Å². The molecule has 0 spiro atoms. The number of hydrogen-bond donors (Lipinski definition) is 1. The monoisotopic (exact) mass is 349 g/mol. The molecule has 0 bridgehead atoms. The number of thioether (sulfide) groups is 1. The second-order valence-corrected chi connectivity index (χ2v) is 6.06. The third-order valence-electron chi connectivity index (χ3n) is 3.10. The number of tetrazole rings is 1. The van der Waals surface area contributed by atoms with E-state index in [1.807, 2.05) is 0 Å². The summed E-state index contributed by atoms with van der Waals surface area (Å²) in [5.74, 6) is 0.979. The lowest BCUT2D eigenvalue weighted by Gasteiger charge is -2.13. The van der Waals surface area contributed by atoms with Crippen molar-refractivity contribution >= 4 is 23.4 Å². The van der Waals surface area contributed by atoms with Crippen LogP contribution in [-0.4, -0.2) is 45.6 Å². The molecule has 0 aliphatic rings. The molecule has 0 radical (unpaired) electrons. The molecule has 24 heavy (non-hydrogen) atoms. The molecule has 128 valence electrons. The molecule has 0 saturated carbocycles. The van der Waals surface area contributed by atoms with Crippen LogP contribution in [0.2, 0.25) is 0 Å². The zero-order chi connectivity index (χ0) is 17.5. The highest BCUT2D eigenvalue weighted by atomic mass is 32.2. The molecule has 1 aromatic carbocycles. The van der Waals surface area contributed by atoms with E-state index in [2.05, 4.69) is 27.4 Å². The van der Waals surface area contributed by atoms with E-state index in [1.54, 1.807) is 50.1 Å². The first-order valence-electron chi connectivity index (χ1n) is 7.15. The van der Waals surface area contributed by atoms with E-state index in [-0.39, 0.29) is 11.2 Å². The summed E-state index contributed by atoms with van der Waals surface area (Å²) >= 11 is 1.27. The molecule has 0 aliphatic carbocycles. The molecule has 1 atom stereocenters. The Balaban J connectivity index is 2.03. The maximum absolute atomic E-state index is 12.4. The fourth-order valence-corrected chi connectivity index (χ4v) is 2.69. The Kier molecular flexibility index (Phi) is 6.19. The second-order valence-electron chi connectivity index (χ2n) is 4.75. The minimum Gasteiger partial charge on any atom is -0.493 e. The zero-order valence-corrected chi connectivity index (χ0v) is 14.5. The van der Waals surface area contributed by atoms with Gasteiger partial charge in [0.25, 0.3) is 0 Å². The van der Waals surface area contributed by atoms with Crippen LogP contribution in [0.3, 0.4) is 0 Å². The quantitative estimate of drug-likeness (QED) is 0.575. The zero-order valence-electron chi connectivity index (χ0n) is 13.7. The first-order valence-corrected chi connectivity index (χ1v) is 8.03. The topological polar surface area (TPSA) is 91.2 Å². The number of carbonyl (C=O) groups is 1. The van der Waals surface area contributed by atoms with Crippen LogP contribution in [0.25, 0.3) is 0 Å². The summed E-state index contributed by atoms with van der Waals surface area (Å²) in [6, 6.07) is 5.19. The molecule has 0 fully saturated rings. The number of nitrogens with one attached hydrogen (secondary N) is 1. The van der Waals surface area contributed by atoms with Crippen LogP contribution < -0.4 is 14.8 Å². The Morgan fingerprint density at radius 1 is 1.42 bits per heavy atom. The van der Waals surface area contributed by atoms with Gasteiger partial charge >= 0.3 is 0 Å². The number of methoxy groups -OCH3 is 2. The molecule has 2 aromatic rings. The molecular formula is C15H19N5O3S. The van der Waals surface area contributed by atoms with Crippen molar-refractivity contribution in [3.8, 4) is 11.5 Å². The highest BCUT2D eigenvalue weighted by Crippen LogP contribution is 2.30. The first-order chi connectivity index (χ1) is 11.6. The van der Waals surface area contributed by atoms with E-state index in [9.17, 15) is 4.79 Å². The molecular weight excluding hydrogens is 330 g/mol. The van der Waals surface area contributed by atoms with Crippen molar-refractivity contribution in [3.63, 3.8) is 0 Å². The number of anilines is 1. The van der Waals surface area contributed by atoms with Crippen molar-refractivity contribution in [3.05, 3.63) is 30.9 Å². The summed E-state index contributed by atoms with van der Waals surface area (Å²) in [7, 11) is 3.10. The normalized spacial score (nSPS) is 11.6. The summed E-state index contributed by atoms with van der Waals surface area (Å²) in [5, 5.41) is 14.4. The third kappa shape index (κ3) is 4.25. The maximum Gasteiger partial charge on any atom is 0.237 e. The van der Waals surface area contributed by atoms with Gasteiger partial charge in [0.1, 0.15) is 0 Å². The smallest absolute Gasteiger partial charge is 0.237 e. The van der Waals surface area contributed by atoms with Crippen molar-refractivity contribution in [2.75, 3.05) is 19.5 Å². The van der Waals surface area contributed by atoms with E-state index >= 15 is 0 Å². The molecule has 9 heteroatoms. The number of aromatic nitrogens is 4. The maximum atomic E-state index is 12.4. The Hall–Kier alpha value is -2.55. The lowest BCUT2D eigenvalue weighted by atomic mass is 10.2. The lowest BCUT2D eigenvalue weighted by Crippen LogP contribution is -2.23. The van der Waals surface area contributed by atoms with Gasteiger partial charge < -0.3 is 14.8 Å². The lowest BCUT2D eigenvalue weighted by molar-refractivity contribution is -0.115. The Labute approximate surface area is 144 Å². The molecule has 1 amide bonds. The van der Waals surface area contributed by atoms with Gasteiger partial charge in [-0.3, -0.25) is 4.79 Å². The standard InChI is InChI=1S/C15H19N5O3S/c1-5-8-20-15(17-18-19-20)24-10(2)14(21)16-11-6-7-12(22-3)13(9-11)23-4/h5-7,9-10H,1,8H2,2-4H3,(H,16,21)/t10-/m1/s1. The van der Waals surface area contributed by atoms with Crippen LogP contribution in [0, 0.1) is 0 Å². The Bertz CT molecular complexity index is 719. The number of rotatable bonds is 8. The average molecular weight is 349 g/mol. The first kappa shape index (κ1) is 17.8. The van der Waals surface area contributed by atoms with Crippen molar-refractivity contribution in [2.24, 2.45) is 0 Å². The Morgan fingerprint density at radius 2 is 2.17 bits per heavy atom. The molecule has 1 heterocycles. The van der Waals surface area contributed by atoms with Crippen LogP contribution in [0.15, 0.2) is 36.0 Å². The molecule has 2 rings (SSSR count). The van der Waals surface area contributed by atoms with Crippen LogP contribution in [0.5, 0.6) is 11.5 Å². The number of hydrogen-bond acceptors (Lipinski definition) is 7. The largest absolute Gasteiger partial charge is 0.493 e. The van der Waals surface area contributed by atoms with Crippen molar-refractivity contribution in [1.29, 1.82) is 0 Å². The van der Waals surface area contributed by atoms with Crippen LogP contribution >= 0.6 is 11.8 Å². The minimum atomic E-state index is -0.382. The van der Waals surface area contributed by atoms with Gasteiger partial charge in [0, 0.05) is 11.8 Å². The predicted octanol–water partition coefficient (Wildman–Crippen LogP) is 2.00. The highest BCUT2D eigenvalue weighted by Gasteiger charge is 2.19. The Morgan fingerprint density at radius 3 is 2.83 bits per heavy atom. The van der Waals surface area contributed by atoms with Crippen LogP contribution in [-0.2, 0) is 11.3 Å². The van der Waals surface area contributed by atoms with E-state index in [1.165, 1.54) is 11.8 Å². The summed E-state index contributed by atoms with van der Waals surface area (Å²) in [4.78, 5) is 12.4. The van der Waals surface area contributed by atoms with Gasteiger partial charge in [0.05, 0.1) is 26.0 Å². The summed E-state index contributed by atoms with van der Waals surface area (Å²) < 4.78 is 12.0. The summed E-state index contributed by atoms with van der Waals surface area (Å²) in [5.41, 5.74) is 0.621. The van der Waals surface area contributed by atoms with Gasteiger partial charge in [-0.1, -0.05) is 17.8 Å². The van der Waals surface area contributed by atoms with Crippen molar-refractivity contribution < 1.29 is 14.3 Å². The molecule has 0 saturated heterocycles. The third-order valence-corrected chi connectivity index (χ3v) is 4.17. The number of ether oxygens (including phenoxy) is 2. The minimum absolute atomic E-state index is 0.166. The van der Waals surface area contributed by atoms with Gasteiger partial charge in [-0.15, -0.1) is 11.7 Å². The highest BCUT2D eigenvalue weighted by molar-refractivity contribution is 8.00. The van der Waals surface area contributed by atoms with E-state index in [0.717, 1.165) is 0 Å². The van der Waals surface area contributed by atoms with Gasteiger partial charge in [-0.2, -0.15) is 0 Å². The molecule has 1 N–H and O–H groups in total. The number of nitrogens with zero attached hydrogens (tertiary/aromatic N) is 4. The van der Waals surface area contributed by atoms with Gasteiger partial charge in [-0.25, -0.2) is 4.68 Å². The average Bonchev–Trinajstić information content (AvgIpc) is 3.02. The number of amides is 1. The second kappa shape index (κ2) is 8.34. The van der Waals surface area contributed by atoms with Gasteiger partial charge in [-0.05, 0) is 29.5 Å². The van der Waals surface area contributed by atoms with E-state index in [0.29, 0.717) is 28.9 Å². The molecule has 0 unspecified atom stereocenters. The van der Waals surface area contributed by atoms with Gasteiger partial charge in [0.2, 0.25) is 11.1 Å². The summed E-state index contributed by atoms with van der Waals surface area (Å²) in [6.07, 6.45) is 1.69. The molecule has 1 aromatic heterocycles. The molecule has 8 nitrogen and oxygen atoms in total. The van der Waals surface area contributed by atoms with Crippen molar-refractivity contribution in [2.45, 2.75) is 23.9 Å². The fourth-order valence-electron chi connectivity index (χ4n) is 1.89.